The van der Waals surface area contributed by atoms with Crippen LogP contribution in [0.1, 0.15) is 28.9 Å². The molecule has 104 valence electrons. The molecule has 2 aromatic rings. The second-order valence-corrected chi connectivity index (χ2v) is 5.65. The van der Waals surface area contributed by atoms with Crippen LogP contribution in [0.15, 0.2) is 53.4 Å². The Kier molecular flexibility index (Phi) is 4.73. The molecule has 0 saturated heterocycles. The van der Waals surface area contributed by atoms with Gasteiger partial charge in [-0.2, -0.15) is 0 Å². The molecule has 1 unspecified atom stereocenters. The quantitative estimate of drug-likeness (QED) is 0.830. The lowest BCUT2D eigenvalue weighted by molar-refractivity contribution is 0.0742. The maximum Gasteiger partial charge on any atom is 0.254 e. The van der Waals surface area contributed by atoms with Gasteiger partial charge in [0.2, 0.25) is 0 Å². The third-order valence-corrected chi connectivity index (χ3v) is 3.88. The van der Waals surface area contributed by atoms with E-state index in [4.69, 9.17) is 11.6 Å². The number of benzene rings is 2. The van der Waals surface area contributed by atoms with E-state index in [1.54, 1.807) is 24.1 Å². The van der Waals surface area contributed by atoms with Gasteiger partial charge in [-0.3, -0.25) is 4.79 Å². The van der Waals surface area contributed by atoms with E-state index in [1.165, 1.54) is 0 Å². The number of thiol groups is 1. The molecule has 2 aromatic carbocycles. The summed E-state index contributed by atoms with van der Waals surface area (Å²) >= 11 is 10.1. The van der Waals surface area contributed by atoms with Gasteiger partial charge >= 0.3 is 0 Å². The molecule has 4 heteroatoms. The molecule has 0 heterocycles. The van der Waals surface area contributed by atoms with Crippen LogP contribution in [-0.2, 0) is 0 Å². The molecule has 0 radical (unpaired) electrons. The number of nitrogens with zero attached hydrogens (tertiary/aromatic N) is 1. The highest BCUT2D eigenvalue weighted by atomic mass is 35.5. The average Bonchev–Trinajstić information content (AvgIpc) is 2.46. The lowest BCUT2D eigenvalue weighted by Gasteiger charge is -2.25. The van der Waals surface area contributed by atoms with E-state index in [2.05, 4.69) is 12.6 Å². The van der Waals surface area contributed by atoms with Crippen molar-refractivity contribution >= 4 is 30.1 Å². The number of rotatable bonds is 3. The minimum Gasteiger partial charge on any atom is -0.335 e. The molecule has 0 fully saturated rings. The van der Waals surface area contributed by atoms with Crippen molar-refractivity contribution in [1.29, 1.82) is 0 Å². The summed E-state index contributed by atoms with van der Waals surface area (Å²) in [6, 6.07) is 14.8. The zero-order valence-corrected chi connectivity index (χ0v) is 13.0. The number of carbonyl (C=O) groups excluding carboxylic acids is 1. The summed E-state index contributed by atoms with van der Waals surface area (Å²) in [5.74, 6) is -0.0247. The first-order chi connectivity index (χ1) is 9.49. The molecule has 0 N–H and O–H groups in total. The fraction of sp³-hybridized carbons (Fsp3) is 0.188. The predicted octanol–water partition coefficient (Wildman–Crippen LogP) is 4.46. The Morgan fingerprint density at radius 3 is 2.45 bits per heavy atom. The van der Waals surface area contributed by atoms with Gasteiger partial charge in [0.25, 0.3) is 5.91 Å². The zero-order chi connectivity index (χ0) is 14.7. The molecule has 1 atom stereocenters. The van der Waals surface area contributed by atoms with Crippen LogP contribution < -0.4 is 0 Å². The maximum atomic E-state index is 12.4. The SMILES string of the molecule is CC(c1ccc(Cl)cc1)N(C)C(=O)c1cccc(S)c1. The normalized spacial score (nSPS) is 12.0. The van der Waals surface area contributed by atoms with Crippen LogP contribution in [0.5, 0.6) is 0 Å². The summed E-state index contributed by atoms with van der Waals surface area (Å²) in [6.07, 6.45) is 0. The second-order valence-electron chi connectivity index (χ2n) is 4.69. The summed E-state index contributed by atoms with van der Waals surface area (Å²) in [6.45, 7) is 1.99. The van der Waals surface area contributed by atoms with Crippen LogP contribution in [0.4, 0.5) is 0 Å². The van der Waals surface area contributed by atoms with E-state index in [0.29, 0.717) is 10.6 Å². The van der Waals surface area contributed by atoms with Crippen molar-refractivity contribution in [1.82, 2.24) is 4.90 Å². The van der Waals surface area contributed by atoms with Crippen molar-refractivity contribution in [2.24, 2.45) is 0 Å². The van der Waals surface area contributed by atoms with E-state index in [1.807, 2.05) is 43.3 Å². The minimum atomic E-state index is -0.0247. The summed E-state index contributed by atoms with van der Waals surface area (Å²) in [5.41, 5.74) is 1.69. The highest BCUT2D eigenvalue weighted by Gasteiger charge is 2.18. The van der Waals surface area contributed by atoms with Gasteiger partial charge in [0.1, 0.15) is 0 Å². The average molecular weight is 306 g/mol. The number of hydrogen-bond acceptors (Lipinski definition) is 2. The van der Waals surface area contributed by atoms with Crippen molar-refractivity contribution in [3.05, 3.63) is 64.7 Å². The first kappa shape index (κ1) is 14.9. The van der Waals surface area contributed by atoms with E-state index in [0.717, 1.165) is 10.5 Å². The Morgan fingerprint density at radius 1 is 1.20 bits per heavy atom. The predicted molar refractivity (Wildman–Crippen MR) is 85.7 cm³/mol. The van der Waals surface area contributed by atoms with Gasteiger partial charge in [-0.05, 0) is 42.8 Å². The van der Waals surface area contributed by atoms with Crippen molar-refractivity contribution in [2.75, 3.05) is 7.05 Å². The molecule has 0 aliphatic rings. The van der Waals surface area contributed by atoms with E-state index in [-0.39, 0.29) is 11.9 Å². The van der Waals surface area contributed by atoms with Gasteiger partial charge in [0.15, 0.2) is 0 Å². The largest absolute Gasteiger partial charge is 0.335 e. The summed E-state index contributed by atoms with van der Waals surface area (Å²) < 4.78 is 0. The number of carbonyl (C=O) groups is 1. The van der Waals surface area contributed by atoms with Crippen LogP contribution in [0.2, 0.25) is 5.02 Å². The standard InChI is InChI=1S/C16H16ClNOS/c1-11(12-6-8-14(17)9-7-12)18(2)16(19)13-4-3-5-15(20)10-13/h3-11,20H,1-2H3. The van der Waals surface area contributed by atoms with Gasteiger partial charge in [-0.15, -0.1) is 12.6 Å². The molecule has 0 aliphatic heterocycles. The summed E-state index contributed by atoms with van der Waals surface area (Å²) in [4.78, 5) is 14.9. The van der Waals surface area contributed by atoms with Crippen molar-refractivity contribution < 1.29 is 4.79 Å². The monoisotopic (exact) mass is 305 g/mol. The Bertz CT molecular complexity index is 612. The van der Waals surface area contributed by atoms with Crippen LogP contribution in [0.3, 0.4) is 0 Å². The molecule has 0 saturated carbocycles. The van der Waals surface area contributed by atoms with Gasteiger partial charge in [0.05, 0.1) is 6.04 Å². The molecule has 2 nitrogen and oxygen atoms in total. The van der Waals surface area contributed by atoms with Crippen molar-refractivity contribution in [3.63, 3.8) is 0 Å². The molecular formula is C16H16ClNOS. The zero-order valence-electron chi connectivity index (χ0n) is 11.4. The van der Waals surface area contributed by atoms with E-state index < -0.39 is 0 Å². The summed E-state index contributed by atoms with van der Waals surface area (Å²) in [5, 5.41) is 0.692. The van der Waals surface area contributed by atoms with Gasteiger partial charge in [-0.1, -0.05) is 29.8 Å². The molecule has 0 aromatic heterocycles. The Labute approximate surface area is 129 Å². The first-order valence-electron chi connectivity index (χ1n) is 6.30. The van der Waals surface area contributed by atoms with Crippen LogP contribution >= 0.6 is 24.2 Å². The third-order valence-electron chi connectivity index (χ3n) is 3.35. The van der Waals surface area contributed by atoms with E-state index >= 15 is 0 Å². The highest BCUT2D eigenvalue weighted by Crippen LogP contribution is 2.23. The first-order valence-corrected chi connectivity index (χ1v) is 7.13. The van der Waals surface area contributed by atoms with Crippen LogP contribution in [0.25, 0.3) is 0 Å². The molecule has 1 amide bonds. The number of halogens is 1. The lowest BCUT2D eigenvalue weighted by Crippen LogP contribution is -2.29. The van der Waals surface area contributed by atoms with Gasteiger partial charge < -0.3 is 4.90 Å². The molecule has 0 bridgehead atoms. The maximum absolute atomic E-state index is 12.4. The lowest BCUT2D eigenvalue weighted by atomic mass is 10.1. The van der Waals surface area contributed by atoms with E-state index in [9.17, 15) is 4.79 Å². The topological polar surface area (TPSA) is 20.3 Å². The Morgan fingerprint density at radius 2 is 1.85 bits per heavy atom. The van der Waals surface area contributed by atoms with Crippen LogP contribution in [0, 0.1) is 0 Å². The summed E-state index contributed by atoms with van der Waals surface area (Å²) in [7, 11) is 1.80. The third kappa shape index (κ3) is 3.35. The molecular weight excluding hydrogens is 290 g/mol. The van der Waals surface area contributed by atoms with Crippen LogP contribution in [-0.4, -0.2) is 17.9 Å². The number of amides is 1. The van der Waals surface area contributed by atoms with Gasteiger partial charge in [0, 0.05) is 22.5 Å². The minimum absolute atomic E-state index is 0.0247. The second kappa shape index (κ2) is 6.33. The highest BCUT2D eigenvalue weighted by molar-refractivity contribution is 7.80. The fourth-order valence-electron chi connectivity index (χ4n) is 1.98. The fourth-order valence-corrected chi connectivity index (χ4v) is 2.33. The molecule has 0 aliphatic carbocycles. The smallest absolute Gasteiger partial charge is 0.254 e. The molecule has 2 rings (SSSR count). The Balaban J connectivity index is 2.20. The Hall–Kier alpha value is -1.45. The van der Waals surface area contributed by atoms with Crippen molar-refractivity contribution in [3.8, 4) is 0 Å². The number of hydrogen-bond donors (Lipinski definition) is 1. The van der Waals surface area contributed by atoms with Crippen molar-refractivity contribution in [2.45, 2.75) is 17.9 Å². The van der Waals surface area contributed by atoms with Gasteiger partial charge in [-0.25, -0.2) is 0 Å². The molecule has 0 spiro atoms. The molecule has 20 heavy (non-hydrogen) atoms.